The van der Waals surface area contributed by atoms with Crippen LogP contribution in [0.3, 0.4) is 0 Å². The van der Waals surface area contributed by atoms with Gasteiger partial charge in [0.15, 0.2) is 0 Å². The van der Waals surface area contributed by atoms with Crippen molar-refractivity contribution in [3.05, 3.63) is 16.8 Å². The maximum Gasteiger partial charge on any atom is 0.410 e. The molecule has 0 bridgehead atoms. The van der Waals surface area contributed by atoms with Gasteiger partial charge in [0.05, 0.1) is 12.0 Å². The second-order valence-corrected chi connectivity index (χ2v) is 11.4. The molecule has 1 N–H and O–H groups in total. The lowest BCUT2D eigenvalue weighted by atomic mass is 9.92. The zero-order chi connectivity index (χ0) is 24.3. The van der Waals surface area contributed by atoms with E-state index in [0.717, 1.165) is 48.7 Å². The Kier molecular flexibility index (Phi) is 7.94. The third-order valence-corrected chi connectivity index (χ3v) is 7.79. The summed E-state index contributed by atoms with van der Waals surface area (Å²) in [5.41, 5.74) is 0.796. The lowest BCUT2D eigenvalue weighted by Gasteiger charge is -2.35. The normalized spacial score (nSPS) is 22.6. The fourth-order valence-electron chi connectivity index (χ4n) is 4.88. The van der Waals surface area contributed by atoms with Crippen LogP contribution in [0.5, 0.6) is 5.88 Å². The molecule has 1 amide bonds. The van der Waals surface area contributed by atoms with Crippen molar-refractivity contribution < 1.29 is 24.1 Å². The summed E-state index contributed by atoms with van der Waals surface area (Å²) < 4.78 is 17.8. The highest BCUT2D eigenvalue weighted by atomic mass is 32.1. The number of aliphatic hydroxyl groups is 1. The molecule has 0 spiro atoms. The fourth-order valence-corrected chi connectivity index (χ4v) is 6.11. The van der Waals surface area contributed by atoms with Gasteiger partial charge >= 0.3 is 6.09 Å². The maximum atomic E-state index is 12.4. The molecule has 2 aliphatic carbocycles. The Morgan fingerprint density at radius 2 is 1.97 bits per heavy atom. The van der Waals surface area contributed by atoms with Crippen LogP contribution in [0.1, 0.15) is 75.7 Å². The molecule has 0 saturated heterocycles. The molecule has 0 aromatic carbocycles. The highest BCUT2D eigenvalue weighted by Gasteiger charge is 2.33. The van der Waals surface area contributed by atoms with Crippen LogP contribution in [0.2, 0.25) is 0 Å². The van der Waals surface area contributed by atoms with E-state index in [1.807, 2.05) is 27.8 Å². The molecule has 1 saturated carbocycles. The van der Waals surface area contributed by atoms with Crippen molar-refractivity contribution in [1.82, 2.24) is 14.9 Å². The highest BCUT2D eigenvalue weighted by molar-refractivity contribution is 7.19. The quantitative estimate of drug-likeness (QED) is 0.536. The molecule has 2 heterocycles. The van der Waals surface area contributed by atoms with Gasteiger partial charge < -0.3 is 24.2 Å². The molecule has 34 heavy (non-hydrogen) atoms. The van der Waals surface area contributed by atoms with Crippen LogP contribution in [0.4, 0.5) is 4.79 Å². The van der Waals surface area contributed by atoms with E-state index < -0.39 is 5.60 Å². The summed E-state index contributed by atoms with van der Waals surface area (Å²) in [6, 6.07) is 0.158. The summed E-state index contributed by atoms with van der Waals surface area (Å²) in [6.45, 7) is 7.04. The Morgan fingerprint density at radius 3 is 2.68 bits per heavy atom. The first-order valence-electron chi connectivity index (χ1n) is 12.3. The van der Waals surface area contributed by atoms with Crippen LogP contribution in [-0.4, -0.2) is 70.7 Å². The molecule has 9 heteroatoms. The number of ether oxygens (including phenoxy) is 3. The van der Waals surface area contributed by atoms with Gasteiger partial charge in [0.2, 0.25) is 5.88 Å². The minimum atomic E-state index is -0.493. The topological polar surface area (TPSA) is 94.0 Å². The van der Waals surface area contributed by atoms with Crippen molar-refractivity contribution >= 4 is 27.6 Å². The molecule has 1 atom stereocenters. The number of amides is 1. The van der Waals surface area contributed by atoms with Gasteiger partial charge in [-0.15, -0.1) is 11.3 Å². The van der Waals surface area contributed by atoms with Crippen molar-refractivity contribution in [2.45, 2.75) is 89.4 Å². The molecular formula is C25H37N3O5S. The molecule has 4 rings (SSSR count). The smallest absolute Gasteiger partial charge is 0.410 e. The summed E-state index contributed by atoms with van der Waals surface area (Å²) in [5, 5.41) is 10.0. The van der Waals surface area contributed by atoms with Crippen molar-refractivity contribution in [2.24, 2.45) is 0 Å². The largest absolute Gasteiger partial charge is 0.474 e. The molecule has 8 nitrogen and oxygen atoms in total. The third kappa shape index (κ3) is 5.80. The molecule has 0 radical (unpaired) electrons. The van der Waals surface area contributed by atoms with Gasteiger partial charge in [-0.2, -0.15) is 0 Å². The van der Waals surface area contributed by atoms with Gasteiger partial charge in [0.25, 0.3) is 0 Å². The molecule has 1 fully saturated rings. The fraction of sp³-hybridized carbons (Fsp3) is 0.720. The molecule has 2 aromatic rings. The second-order valence-electron chi connectivity index (χ2n) is 10.3. The van der Waals surface area contributed by atoms with Crippen molar-refractivity contribution in [3.63, 3.8) is 0 Å². The average molecular weight is 492 g/mol. The second kappa shape index (κ2) is 10.7. The first-order chi connectivity index (χ1) is 16.3. The Hall–Kier alpha value is -1.97. The van der Waals surface area contributed by atoms with Crippen molar-refractivity contribution in [2.75, 3.05) is 26.9 Å². The van der Waals surface area contributed by atoms with Crippen LogP contribution in [0.15, 0.2) is 6.33 Å². The van der Waals surface area contributed by atoms with E-state index in [-0.39, 0.29) is 24.8 Å². The third-order valence-electron chi connectivity index (χ3n) is 6.61. The van der Waals surface area contributed by atoms with E-state index in [9.17, 15) is 4.79 Å². The minimum absolute atomic E-state index is 0.0672. The lowest BCUT2D eigenvalue weighted by Crippen LogP contribution is -2.43. The van der Waals surface area contributed by atoms with Gasteiger partial charge in [0.1, 0.15) is 22.9 Å². The Balaban J connectivity index is 1.40. The van der Waals surface area contributed by atoms with E-state index in [2.05, 4.69) is 9.97 Å². The number of hydrogen-bond acceptors (Lipinski definition) is 8. The summed E-state index contributed by atoms with van der Waals surface area (Å²) in [7, 11) is 1.82. The van der Waals surface area contributed by atoms with E-state index in [4.69, 9.17) is 19.3 Å². The summed E-state index contributed by atoms with van der Waals surface area (Å²) >= 11 is 1.74. The number of aromatic nitrogens is 2. The van der Waals surface area contributed by atoms with Gasteiger partial charge in [-0.3, -0.25) is 0 Å². The first kappa shape index (κ1) is 25.1. The van der Waals surface area contributed by atoms with E-state index in [1.165, 1.54) is 10.4 Å². The maximum absolute atomic E-state index is 12.4. The zero-order valence-corrected chi connectivity index (χ0v) is 21.5. The zero-order valence-electron chi connectivity index (χ0n) is 20.7. The molecule has 188 valence electrons. The highest BCUT2D eigenvalue weighted by Crippen LogP contribution is 2.46. The van der Waals surface area contributed by atoms with Crippen LogP contribution in [-0.2, 0) is 15.9 Å². The van der Waals surface area contributed by atoms with Gasteiger partial charge in [0, 0.05) is 37.1 Å². The van der Waals surface area contributed by atoms with E-state index in [0.29, 0.717) is 31.4 Å². The number of carbonyl (C=O) groups is 1. The summed E-state index contributed by atoms with van der Waals surface area (Å²) in [6.07, 6.45) is 7.62. The predicted octanol–water partition coefficient (Wildman–Crippen LogP) is 4.68. The molecular weight excluding hydrogens is 454 g/mol. The Morgan fingerprint density at radius 1 is 1.21 bits per heavy atom. The molecule has 0 unspecified atom stereocenters. The molecule has 0 aliphatic heterocycles. The van der Waals surface area contributed by atoms with Gasteiger partial charge in [-0.1, -0.05) is 0 Å². The summed E-state index contributed by atoms with van der Waals surface area (Å²) in [4.78, 5) is 25.6. The SMILES string of the molecule is CN(C(=O)OC(C)(C)C)C1CCC(Oc2ncnc3sc4c(c23)[C@@H](COCCCO)CC4)CC1. The van der Waals surface area contributed by atoms with Gasteiger partial charge in [-0.05, 0) is 71.3 Å². The number of thiophene rings is 1. The monoisotopic (exact) mass is 491 g/mol. The number of aliphatic hydroxyl groups excluding tert-OH is 1. The standard InChI is InChI=1S/C25H37N3O5S/c1-25(2,3)33-24(30)28(4)17-7-9-18(10-8-17)32-22-21-20-16(14-31-13-5-12-29)6-11-19(20)34-23(21)27-15-26-22/h15-18,29H,5-14H2,1-4H3/t16-,17?,18?/m1/s1. The first-order valence-corrected chi connectivity index (χ1v) is 13.2. The Bertz CT molecular complexity index is 981. The van der Waals surface area contributed by atoms with E-state index in [1.54, 1.807) is 22.6 Å². The average Bonchev–Trinajstić information content (AvgIpc) is 3.35. The van der Waals surface area contributed by atoms with Gasteiger partial charge in [-0.25, -0.2) is 14.8 Å². The van der Waals surface area contributed by atoms with Crippen LogP contribution >= 0.6 is 11.3 Å². The molecule has 2 aromatic heterocycles. The van der Waals surface area contributed by atoms with Crippen LogP contribution < -0.4 is 4.74 Å². The van der Waals surface area contributed by atoms with Crippen LogP contribution in [0, 0.1) is 0 Å². The number of fused-ring (bicyclic) bond motifs is 3. The minimum Gasteiger partial charge on any atom is -0.474 e. The number of rotatable bonds is 8. The number of aryl methyl sites for hydroxylation is 1. The number of nitrogens with zero attached hydrogens (tertiary/aromatic N) is 3. The van der Waals surface area contributed by atoms with E-state index >= 15 is 0 Å². The van der Waals surface area contributed by atoms with Crippen molar-refractivity contribution in [3.8, 4) is 5.88 Å². The predicted molar refractivity (Wildman–Crippen MR) is 132 cm³/mol. The van der Waals surface area contributed by atoms with Crippen LogP contribution in [0.25, 0.3) is 10.2 Å². The molecule has 2 aliphatic rings. The number of carbonyl (C=O) groups excluding carboxylic acids is 1. The van der Waals surface area contributed by atoms with Crippen molar-refractivity contribution in [1.29, 1.82) is 0 Å². The number of hydrogen-bond donors (Lipinski definition) is 1. The Labute approximate surface area is 205 Å². The lowest BCUT2D eigenvalue weighted by molar-refractivity contribution is 0.0137. The summed E-state index contributed by atoms with van der Waals surface area (Å²) in [5.74, 6) is 0.989.